The minimum atomic E-state index is 0.125. The van der Waals surface area contributed by atoms with Crippen molar-refractivity contribution in [2.45, 2.75) is 37.8 Å². The summed E-state index contributed by atoms with van der Waals surface area (Å²) in [4.78, 5) is 16.5. The van der Waals surface area contributed by atoms with E-state index in [0.717, 1.165) is 77.4 Å². The van der Waals surface area contributed by atoms with Gasteiger partial charge >= 0.3 is 0 Å². The molecule has 5 rings (SSSR count). The molecule has 0 spiro atoms. The summed E-state index contributed by atoms with van der Waals surface area (Å²) in [5.41, 5.74) is 1.23. The summed E-state index contributed by atoms with van der Waals surface area (Å²) in [5.74, 6) is 1.11. The highest BCUT2D eigenvalue weighted by Gasteiger charge is 2.24. The van der Waals surface area contributed by atoms with Crippen molar-refractivity contribution in [3.63, 3.8) is 0 Å². The quantitative estimate of drug-likeness (QED) is 0.710. The summed E-state index contributed by atoms with van der Waals surface area (Å²) in [6.45, 7) is 7.13. The second-order valence-electron chi connectivity index (χ2n) is 8.88. The average molecular weight is 428 g/mol. The number of carbonyl (C=O) groups excluding carboxylic acids is 1. The Bertz CT molecular complexity index is 884. The zero-order chi connectivity index (χ0) is 21.0. The number of nitrogens with zero attached hydrogens (tertiary/aromatic N) is 3. The van der Waals surface area contributed by atoms with E-state index in [2.05, 4.69) is 39.9 Å². The maximum Gasteiger partial charge on any atom is 0.248 e. The van der Waals surface area contributed by atoms with Crippen LogP contribution in [0, 0.1) is 0 Å². The van der Waals surface area contributed by atoms with Gasteiger partial charge in [-0.2, -0.15) is 0 Å². The molecule has 1 atom stereocenters. The van der Waals surface area contributed by atoms with Gasteiger partial charge in [0.15, 0.2) is 0 Å². The molecule has 168 valence electrons. The number of amides is 1. The molecule has 0 N–H and O–H groups in total. The van der Waals surface area contributed by atoms with Crippen LogP contribution in [0.4, 0.5) is 0 Å². The maximum absolute atomic E-state index is 12.1. The minimum absolute atomic E-state index is 0.125. The van der Waals surface area contributed by atoms with Crippen LogP contribution in [0.2, 0.25) is 0 Å². The van der Waals surface area contributed by atoms with E-state index < -0.39 is 0 Å². The van der Waals surface area contributed by atoms with E-state index >= 15 is 0 Å². The average Bonchev–Trinajstić information content (AvgIpc) is 3.42. The summed E-state index contributed by atoms with van der Waals surface area (Å²) >= 11 is 0. The zero-order valence-corrected chi connectivity index (χ0v) is 18.2. The van der Waals surface area contributed by atoms with Crippen LogP contribution >= 0.6 is 0 Å². The Kier molecular flexibility index (Phi) is 6.43. The van der Waals surface area contributed by atoms with Crippen molar-refractivity contribution in [3.8, 4) is 5.75 Å². The Morgan fingerprint density at radius 3 is 2.74 bits per heavy atom. The van der Waals surface area contributed by atoms with E-state index in [0.29, 0.717) is 12.6 Å². The predicted octanol–water partition coefficient (Wildman–Crippen LogP) is 2.69. The Morgan fingerprint density at radius 2 is 1.90 bits per heavy atom. The number of likely N-dealkylation sites (tertiary alicyclic amines) is 1. The highest BCUT2D eigenvalue weighted by atomic mass is 16.5. The second-order valence-corrected chi connectivity index (χ2v) is 8.88. The SMILES string of the molecule is O=C1COCCCN1CCN1CCC(Oc2cccc3c2ccn3C2CCOC2)CC1. The number of fused-ring (bicyclic) bond motifs is 1. The first kappa shape index (κ1) is 20.8. The molecule has 7 heteroatoms. The lowest BCUT2D eigenvalue weighted by Gasteiger charge is -2.33. The minimum Gasteiger partial charge on any atom is -0.490 e. The first-order valence-electron chi connectivity index (χ1n) is 11.7. The highest BCUT2D eigenvalue weighted by Crippen LogP contribution is 2.32. The van der Waals surface area contributed by atoms with Crippen molar-refractivity contribution in [2.75, 3.05) is 59.2 Å². The number of carbonyl (C=O) groups is 1. The molecule has 1 aromatic carbocycles. The summed E-state index contributed by atoms with van der Waals surface area (Å²) in [6.07, 6.45) is 6.46. The van der Waals surface area contributed by atoms with Crippen molar-refractivity contribution in [3.05, 3.63) is 30.5 Å². The Hall–Kier alpha value is -2.09. The van der Waals surface area contributed by atoms with Crippen molar-refractivity contribution in [1.29, 1.82) is 0 Å². The number of aromatic nitrogens is 1. The van der Waals surface area contributed by atoms with Crippen LogP contribution < -0.4 is 4.74 Å². The van der Waals surface area contributed by atoms with Crippen LogP contribution in [0.5, 0.6) is 5.75 Å². The normalized spacial score (nSPS) is 24.1. The van der Waals surface area contributed by atoms with Crippen LogP contribution in [0.25, 0.3) is 10.9 Å². The van der Waals surface area contributed by atoms with Crippen molar-refractivity contribution < 1.29 is 19.0 Å². The first-order chi connectivity index (χ1) is 15.3. The van der Waals surface area contributed by atoms with Crippen molar-refractivity contribution >= 4 is 16.8 Å². The standard InChI is InChI=1S/C24H33N3O4/c28-24-18-29-15-2-9-26(24)14-13-25-10-5-20(6-11-25)31-23-4-1-3-22-21(23)7-12-27(22)19-8-16-30-17-19/h1,3-4,7,12,19-20H,2,5-6,8-11,13-18H2. The van der Waals surface area contributed by atoms with Gasteiger partial charge in [-0.25, -0.2) is 0 Å². The first-order valence-corrected chi connectivity index (χ1v) is 11.7. The molecule has 2 aromatic rings. The molecule has 1 amide bonds. The van der Waals surface area contributed by atoms with E-state index in [4.69, 9.17) is 14.2 Å². The Balaban J connectivity index is 1.15. The number of piperidine rings is 1. The molecule has 4 heterocycles. The van der Waals surface area contributed by atoms with Gasteiger partial charge in [0.05, 0.1) is 18.2 Å². The third kappa shape index (κ3) is 4.73. The maximum atomic E-state index is 12.1. The molecule has 3 aliphatic rings. The summed E-state index contributed by atoms with van der Waals surface area (Å²) in [5, 5.41) is 1.19. The summed E-state index contributed by atoms with van der Waals surface area (Å²) < 4.78 is 19.7. The lowest BCUT2D eigenvalue weighted by Crippen LogP contribution is -2.44. The number of hydrogen-bond acceptors (Lipinski definition) is 5. The number of hydrogen-bond donors (Lipinski definition) is 0. The molecule has 3 fully saturated rings. The third-order valence-electron chi connectivity index (χ3n) is 6.83. The van der Waals surface area contributed by atoms with Crippen LogP contribution in [-0.2, 0) is 14.3 Å². The van der Waals surface area contributed by atoms with Gasteiger partial charge in [0.25, 0.3) is 0 Å². The van der Waals surface area contributed by atoms with Crippen LogP contribution in [0.1, 0.15) is 31.7 Å². The predicted molar refractivity (Wildman–Crippen MR) is 119 cm³/mol. The fraction of sp³-hybridized carbons (Fsp3) is 0.625. The molecule has 31 heavy (non-hydrogen) atoms. The van der Waals surface area contributed by atoms with Gasteiger partial charge in [-0.05, 0) is 43.9 Å². The molecule has 1 aromatic heterocycles. The number of ether oxygens (including phenoxy) is 3. The highest BCUT2D eigenvalue weighted by molar-refractivity contribution is 5.86. The van der Waals surface area contributed by atoms with Crippen LogP contribution in [0.3, 0.4) is 0 Å². The van der Waals surface area contributed by atoms with E-state index in [1.165, 1.54) is 10.9 Å². The molecule has 3 aliphatic heterocycles. The fourth-order valence-electron chi connectivity index (χ4n) is 4.98. The van der Waals surface area contributed by atoms with Crippen molar-refractivity contribution in [1.82, 2.24) is 14.4 Å². The second kappa shape index (κ2) is 9.59. The summed E-state index contributed by atoms with van der Waals surface area (Å²) in [6, 6.07) is 8.98. The van der Waals surface area contributed by atoms with Gasteiger partial charge in [-0.3, -0.25) is 4.79 Å². The smallest absolute Gasteiger partial charge is 0.248 e. The Labute approximate surface area is 183 Å². The van der Waals surface area contributed by atoms with Gasteiger partial charge in [0, 0.05) is 57.5 Å². The lowest BCUT2D eigenvalue weighted by atomic mass is 10.1. The third-order valence-corrected chi connectivity index (χ3v) is 6.83. The van der Waals surface area contributed by atoms with Crippen LogP contribution in [-0.4, -0.2) is 85.5 Å². The van der Waals surface area contributed by atoms with E-state index in [9.17, 15) is 4.79 Å². The van der Waals surface area contributed by atoms with E-state index in [1.807, 2.05) is 4.90 Å². The molecule has 1 unspecified atom stereocenters. The van der Waals surface area contributed by atoms with E-state index in [1.54, 1.807) is 0 Å². The van der Waals surface area contributed by atoms with Gasteiger partial charge in [-0.1, -0.05) is 6.07 Å². The largest absolute Gasteiger partial charge is 0.490 e. The van der Waals surface area contributed by atoms with Crippen LogP contribution in [0.15, 0.2) is 30.5 Å². The Morgan fingerprint density at radius 1 is 1.00 bits per heavy atom. The monoisotopic (exact) mass is 427 g/mol. The molecule has 3 saturated heterocycles. The molecule has 0 aliphatic carbocycles. The molecule has 0 bridgehead atoms. The molecule has 7 nitrogen and oxygen atoms in total. The fourth-order valence-corrected chi connectivity index (χ4v) is 4.98. The van der Waals surface area contributed by atoms with Crippen molar-refractivity contribution in [2.24, 2.45) is 0 Å². The summed E-state index contributed by atoms with van der Waals surface area (Å²) in [7, 11) is 0. The lowest BCUT2D eigenvalue weighted by molar-refractivity contribution is -0.134. The number of rotatable bonds is 6. The topological polar surface area (TPSA) is 56.2 Å². The number of benzene rings is 1. The molecular formula is C24H33N3O4. The zero-order valence-electron chi connectivity index (χ0n) is 18.2. The van der Waals surface area contributed by atoms with Gasteiger partial charge < -0.3 is 28.6 Å². The van der Waals surface area contributed by atoms with E-state index in [-0.39, 0.29) is 18.6 Å². The van der Waals surface area contributed by atoms with Gasteiger partial charge in [-0.15, -0.1) is 0 Å². The molecule has 0 saturated carbocycles. The molecule has 0 radical (unpaired) electrons. The molecular weight excluding hydrogens is 394 g/mol. The van der Waals surface area contributed by atoms with Gasteiger partial charge in [0.1, 0.15) is 18.5 Å². The van der Waals surface area contributed by atoms with Gasteiger partial charge in [0.2, 0.25) is 5.91 Å².